The molecule has 1 aromatic rings. The zero-order chi connectivity index (χ0) is 7.40. The van der Waals surface area contributed by atoms with E-state index >= 15 is 0 Å². The van der Waals surface area contributed by atoms with Crippen molar-refractivity contribution in [3.63, 3.8) is 0 Å². The Hall–Kier alpha value is -0.610. The second-order valence-electron chi connectivity index (χ2n) is 2.06. The Balaban J connectivity index is 2.57. The van der Waals surface area contributed by atoms with Crippen LogP contribution in [0, 0.1) is 4.77 Å². The molecule has 56 valence electrons. The summed E-state index contributed by atoms with van der Waals surface area (Å²) in [7, 11) is 1.93. The van der Waals surface area contributed by atoms with Gasteiger partial charge in [0.2, 0.25) is 0 Å². The molecule has 1 heterocycles. The first-order valence-electron chi connectivity index (χ1n) is 3.23. The summed E-state index contributed by atoms with van der Waals surface area (Å²) in [5, 5.41) is 3.05. The Morgan fingerprint density at radius 2 is 2.60 bits per heavy atom. The maximum atomic E-state index is 4.98. The number of aromatic nitrogens is 2. The minimum Gasteiger partial charge on any atom is -0.337 e. The Morgan fingerprint density at radius 3 is 3.10 bits per heavy atom. The van der Waals surface area contributed by atoms with Crippen molar-refractivity contribution >= 4 is 12.2 Å². The highest BCUT2D eigenvalue weighted by atomic mass is 32.1. The summed E-state index contributed by atoms with van der Waals surface area (Å²) in [6.07, 6.45) is 3.79. The van der Waals surface area contributed by atoms with Crippen LogP contribution in [0.25, 0.3) is 0 Å². The van der Waals surface area contributed by atoms with Gasteiger partial charge in [-0.05, 0) is 19.3 Å². The van der Waals surface area contributed by atoms with Gasteiger partial charge < -0.3 is 14.9 Å². The molecule has 0 aliphatic rings. The minimum atomic E-state index is 0.787. The molecule has 4 heteroatoms. The average molecular weight is 157 g/mol. The van der Waals surface area contributed by atoms with Gasteiger partial charge in [0.25, 0.3) is 0 Å². The van der Waals surface area contributed by atoms with Crippen molar-refractivity contribution in [1.29, 1.82) is 0 Å². The Labute approximate surface area is 65.1 Å². The van der Waals surface area contributed by atoms with Crippen LogP contribution in [0.4, 0.5) is 0 Å². The first-order chi connectivity index (χ1) is 4.84. The maximum absolute atomic E-state index is 4.98. The van der Waals surface area contributed by atoms with Gasteiger partial charge in [-0.3, -0.25) is 0 Å². The lowest BCUT2D eigenvalue weighted by atomic mass is 10.6. The van der Waals surface area contributed by atoms with E-state index in [0.29, 0.717) is 0 Å². The minimum absolute atomic E-state index is 0.787. The third kappa shape index (κ3) is 1.68. The first kappa shape index (κ1) is 7.50. The molecule has 0 aliphatic heterocycles. The molecule has 1 rings (SSSR count). The van der Waals surface area contributed by atoms with Gasteiger partial charge in [-0.25, -0.2) is 0 Å². The molecule has 1 aromatic heterocycles. The largest absolute Gasteiger partial charge is 0.337 e. The maximum Gasteiger partial charge on any atom is 0.177 e. The van der Waals surface area contributed by atoms with Crippen molar-refractivity contribution in [2.24, 2.45) is 0 Å². The molecule has 2 N–H and O–H groups in total. The molecule has 0 saturated carbocycles. The second kappa shape index (κ2) is 3.53. The van der Waals surface area contributed by atoms with Gasteiger partial charge in [-0.15, -0.1) is 0 Å². The number of nitrogens with one attached hydrogen (secondary N) is 2. The van der Waals surface area contributed by atoms with Crippen LogP contribution in [-0.4, -0.2) is 23.1 Å². The SMILES string of the molecule is CNCCn1cc[nH]c1=S. The molecule has 0 aliphatic carbocycles. The monoisotopic (exact) mass is 157 g/mol. The molecule has 0 bridgehead atoms. The van der Waals surface area contributed by atoms with E-state index in [1.165, 1.54) is 0 Å². The third-order valence-electron chi connectivity index (χ3n) is 1.32. The summed E-state index contributed by atoms with van der Waals surface area (Å²) in [5.74, 6) is 0. The van der Waals surface area contributed by atoms with Crippen LogP contribution in [0.1, 0.15) is 0 Å². The van der Waals surface area contributed by atoms with Gasteiger partial charge in [-0.2, -0.15) is 0 Å². The summed E-state index contributed by atoms with van der Waals surface area (Å²) in [6, 6.07) is 0. The summed E-state index contributed by atoms with van der Waals surface area (Å²) >= 11 is 4.98. The standard InChI is InChI=1S/C6H11N3S/c1-7-2-4-9-5-3-8-6(9)10/h3,5,7H,2,4H2,1H3,(H,8,10). The Bertz CT molecular complexity index is 237. The number of hydrogen-bond acceptors (Lipinski definition) is 2. The zero-order valence-electron chi connectivity index (χ0n) is 5.92. The number of H-pyrrole nitrogens is 1. The van der Waals surface area contributed by atoms with Crippen LogP contribution in [0.2, 0.25) is 0 Å². The van der Waals surface area contributed by atoms with Gasteiger partial charge in [-0.1, -0.05) is 0 Å². The topological polar surface area (TPSA) is 32.8 Å². The molecule has 0 amide bonds. The van der Waals surface area contributed by atoms with Crippen molar-refractivity contribution in [3.05, 3.63) is 17.2 Å². The quantitative estimate of drug-likeness (QED) is 0.635. The summed E-state index contributed by atoms with van der Waals surface area (Å²) in [6.45, 7) is 1.88. The summed E-state index contributed by atoms with van der Waals surface area (Å²) in [4.78, 5) is 2.93. The van der Waals surface area contributed by atoms with Crippen LogP contribution in [0.15, 0.2) is 12.4 Å². The Kier molecular flexibility index (Phi) is 2.65. The molecular formula is C6H11N3S. The van der Waals surface area contributed by atoms with Gasteiger partial charge in [0.1, 0.15) is 0 Å². The highest BCUT2D eigenvalue weighted by Crippen LogP contribution is 1.88. The fraction of sp³-hybridized carbons (Fsp3) is 0.500. The van der Waals surface area contributed by atoms with Gasteiger partial charge in [0, 0.05) is 25.5 Å². The number of rotatable bonds is 3. The van der Waals surface area contributed by atoms with Crippen molar-refractivity contribution in [2.45, 2.75) is 6.54 Å². The summed E-state index contributed by atoms with van der Waals surface area (Å²) in [5.41, 5.74) is 0. The lowest BCUT2D eigenvalue weighted by Gasteiger charge is -1.98. The molecule has 0 saturated heterocycles. The van der Waals surface area contributed by atoms with E-state index in [9.17, 15) is 0 Å². The van der Waals surface area contributed by atoms with Crippen molar-refractivity contribution in [2.75, 3.05) is 13.6 Å². The van der Waals surface area contributed by atoms with Crippen LogP contribution in [0.5, 0.6) is 0 Å². The highest BCUT2D eigenvalue weighted by molar-refractivity contribution is 7.71. The highest BCUT2D eigenvalue weighted by Gasteiger charge is 1.88. The van der Waals surface area contributed by atoms with Crippen LogP contribution < -0.4 is 5.32 Å². The van der Waals surface area contributed by atoms with Crippen LogP contribution in [0.3, 0.4) is 0 Å². The third-order valence-corrected chi connectivity index (χ3v) is 1.68. The second-order valence-corrected chi connectivity index (χ2v) is 2.45. The number of aromatic amines is 1. The van der Waals surface area contributed by atoms with E-state index in [4.69, 9.17) is 12.2 Å². The molecule has 0 fully saturated rings. The van der Waals surface area contributed by atoms with E-state index in [2.05, 4.69) is 10.3 Å². The molecule has 0 unspecified atom stereocenters. The Morgan fingerprint density at radius 1 is 1.80 bits per heavy atom. The lowest BCUT2D eigenvalue weighted by Crippen LogP contribution is -2.14. The predicted molar refractivity (Wildman–Crippen MR) is 43.5 cm³/mol. The molecule has 10 heavy (non-hydrogen) atoms. The number of likely N-dealkylation sites (N-methyl/N-ethyl adjacent to an activating group) is 1. The van der Waals surface area contributed by atoms with E-state index < -0.39 is 0 Å². The molecule has 0 spiro atoms. The van der Waals surface area contributed by atoms with Crippen LogP contribution >= 0.6 is 12.2 Å². The first-order valence-corrected chi connectivity index (χ1v) is 3.64. The van der Waals surface area contributed by atoms with Gasteiger partial charge >= 0.3 is 0 Å². The van der Waals surface area contributed by atoms with E-state index in [1.54, 1.807) is 0 Å². The lowest BCUT2D eigenvalue weighted by molar-refractivity contribution is 0.638. The molecule has 0 radical (unpaired) electrons. The van der Waals surface area contributed by atoms with Crippen molar-refractivity contribution in [3.8, 4) is 0 Å². The van der Waals surface area contributed by atoms with Gasteiger partial charge in [0.05, 0.1) is 0 Å². The predicted octanol–water partition coefficient (Wildman–Crippen LogP) is 0.765. The molecule has 0 aromatic carbocycles. The molecule has 3 nitrogen and oxygen atoms in total. The zero-order valence-corrected chi connectivity index (χ0v) is 6.74. The average Bonchev–Trinajstić information content (AvgIpc) is 2.31. The normalized spacial score (nSPS) is 10.1. The van der Waals surface area contributed by atoms with E-state index in [0.717, 1.165) is 17.9 Å². The fourth-order valence-electron chi connectivity index (χ4n) is 0.757. The van der Waals surface area contributed by atoms with Crippen molar-refractivity contribution in [1.82, 2.24) is 14.9 Å². The van der Waals surface area contributed by atoms with Crippen LogP contribution in [-0.2, 0) is 6.54 Å². The number of nitrogens with zero attached hydrogens (tertiary/aromatic N) is 1. The number of hydrogen-bond donors (Lipinski definition) is 2. The fourth-order valence-corrected chi connectivity index (χ4v) is 0.978. The molecule has 0 atom stereocenters. The number of imidazole rings is 1. The summed E-state index contributed by atoms with van der Waals surface area (Å²) < 4.78 is 2.78. The smallest absolute Gasteiger partial charge is 0.177 e. The van der Waals surface area contributed by atoms with Crippen molar-refractivity contribution < 1.29 is 0 Å². The van der Waals surface area contributed by atoms with Gasteiger partial charge in [0.15, 0.2) is 4.77 Å². The van der Waals surface area contributed by atoms with E-state index in [-0.39, 0.29) is 0 Å². The molecular weight excluding hydrogens is 146 g/mol. The van der Waals surface area contributed by atoms with E-state index in [1.807, 2.05) is 24.0 Å².